The van der Waals surface area contributed by atoms with Gasteiger partial charge in [-0.25, -0.2) is 0 Å². The lowest BCUT2D eigenvalue weighted by molar-refractivity contribution is -0.112. The van der Waals surface area contributed by atoms with E-state index in [0.29, 0.717) is 28.3 Å². The molecule has 1 aliphatic rings. The number of ketones is 1. The zero-order valence-electron chi connectivity index (χ0n) is 15.4. The number of carbonyl (C=O) groups excluding carboxylic acids is 2. The lowest BCUT2D eigenvalue weighted by Crippen LogP contribution is -2.27. The van der Waals surface area contributed by atoms with Gasteiger partial charge >= 0.3 is 0 Å². The maximum absolute atomic E-state index is 13.0. The molecule has 29 heavy (non-hydrogen) atoms. The Bertz CT molecular complexity index is 1200. The minimum atomic E-state index is -0.426. The predicted molar refractivity (Wildman–Crippen MR) is 116 cm³/mol. The van der Waals surface area contributed by atoms with Crippen molar-refractivity contribution in [3.8, 4) is 11.8 Å². The number of carbonyl (C=O) groups is 2. The predicted octanol–water partition coefficient (Wildman–Crippen LogP) is 5.15. The molecule has 0 unspecified atom stereocenters. The number of halogens is 1. The van der Waals surface area contributed by atoms with Crippen molar-refractivity contribution in [2.24, 2.45) is 0 Å². The van der Waals surface area contributed by atoms with Crippen molar-refractivity contribution in [3.63, 3.8) is 0 Å². The molecule has 0 aromatic heterocycles. The van der Waals surface area contributed by atoms with Crippen LogP contribution in [-0.2, 0) is 11.2 Å². The largest absolute Gasteiger partial charge is 0.321 e. The van der Waals surface area contributed by atoms with E-state index in [-0.39, 0.29) is 11.4 Å². The Morgan fingerprint density at radius 2 is 1.76 bits per heavy atom. The Balaban J connectivity index is 1.62. The summed E-state index contributed by atoms with van der Waals surface area (Å²) in [5, 5.41) is 3.32. The van der Waals surface area contributed by atoms with E-state index in [2.05, 4.69) is 17.2 Å². The van der Waals surface area contributed by atoms with Gasteiger partial charge in [-0.1, -0.05) is 65.9 Å². The SMILES string of the molecule is O=C1Nc2ccc(C#CCc3ccccc3)cc2C(=O)/C1=C\c1cccc(Cl)c1. The van der Waals surface area contributed by atoms with E-state index in [4.69, 9.17) is 11.6 Å². The lowest BCUT2D eigenvalue weighted by atomic mass is 9.94. The summed E-state index contributed by atoms with van der Waals surface area (Å²) in [6.45, 7) is 0. The van der Waals surface area contributed by atoms with Gasteiger partial charge in [0.25, 0.3) is 5.91 Å². The highest BCUT2D eigenvalue weighted by molar-refractivity contribution is 6.36. The summed E-state index contributed by atoms with van der Waals surface area (Å²) in [6, 6.07) is 22.2. The van der Waals surface area contributed by atoms with E-state index in [9.17, 15) is 9.59 Å². The highest BCUT2D eigenvalue weighted by atomic mass is 35.5. The van der Waals surface area contributed by atoms with Gasteiger partial charge in [0.1, 0.15) is 0 Å². The third-order valence-corrected chi connectivity index (χ3v) is 4.76. The van der Waals surface area contributed by atoms with Gasteiger partial charge in [0, 0.05) is 22.6 Å². The molecular formula is C25H16ClNO2. The molecule has 4 rings (SSSR count). The molecule has 0 saturated carbocycles. The Morgan fingerprint density at radius 1 is 0.931 bits per heavy atom. The highest BCUT2D eigenvalue weighted by Gasteiger charge is 2.28. The zero-order valence-corrected chi connectivity index (χ0v) is 16.2. The molecule has 140 valence electrons. The number of Topliss-reactive ketones (excluding diaryl/α,β-unsaturated/α-hetero) is 1. The molecule has 0 saturated heterocycles. The van der Waals surface area contributed by atoms with Crippen LogP contribution in [0.5, 0.6) is 0 Å². The van der Waals surface area contributed by atoms with Crippen molar-refractivity contribution in [1.82, 2.24) is 0 Å². The average molecular weight is 398 g/mol. The van der Waals surface area contributed by atoms with Gasteiger partial charge in [-0.3, -0.25) is 9.59 Å². The molecule has 1 heterocycles. The van der Waals surface area contributed by atoms with E-state index in [1.807, 2.05) is 30.3 Å². The first-order valence-electron chi connectivity index (χ1n) is 9.10. The second-order valence-electron chi connectivity index (χ2n) is 6.62. The third kappa shape index (κ3) is 4.29. The molecule has 3 aromatic rings. The van der Waals surface area contributed by atoms with Crippen molar-refractivity contribution >= 4 is 35.1 Å². The summed E-state index contributed by atoms with van der Waals surface area (Å²) in [7, 11) is 0. The van der Waals surface area contributed by atoms with E-state index in [1.165, 1.54) is 0 Å². The van der Waals surface area contributed by atoms with Crippen molar-refractivity contribution in [2.75, 3.05) is 5.32 Å². The number of nitrogens with one attached hydrogen (secondary N) is 1. The number of hydrogen-bond donors (Lipinski definition) is 1. The fourth-order valence-electron chi connectivity index (χ4n) is 3.10. The number of fused-ring (bicyclic) bond motifs is 1. The molecule has 0 atom stereocenters. The van der Waals surface area contributed by atoms with Gasteiger partial charge in [-0.05, 0) is 47.5 Å². The highest BCUT2D eigenvalue weighted by Crippen LogP contribution is 2.27. The van der Waals surface area contributed by atoms with Crippen LogP contribution >= 0.6 is 11.6 Å². The molecule has 0 fully saturated rings. The Labute approximate surface area is 174 Å². The van der Waals surface area contributed by atoms with Crippen LogP contribution in [0, 0.1) is 11.8 Å². The van der Waals surface area contributed by atoms with Gasteiger partial charge in [0.05, 0.1) is 11.3 Å². The van der Waals surface area contributed by atoms with Gasteiger partial charge in [0.2, 0.25) is 5.78 Å². The maximum Gasteiger partial charge on any atom is 0.259 e. The summed E-state index contributed by atoms with van der Waals surface area (Å²) in [5.74, 6) is 5.47. The summed E-state index contributed by atoms with van der Waals surface area (Å²) >= 11 is 6.00. The van der Waals surface area contributed by atoms with E-state index in [1.54, 1.807) is 48.5 Å². The fourth-order valence-corrected chi connectivity index (χ4v) is 3.29. The van der Waals surface area contributed by atoms with E-state index < -0.39 is 5.91 Å². The minimum absolute atomic E-state index is 0.0779. The minimum Gasteiger partial charge on any atom is -0.321 e. The van der Waals surface area contributed by atoms with Crippen LogP contribution in [0.2, 0.25) is 5.02 Å². The molecule has 4 heteroatoms. The number of hydrogen-bond acceptors (Lipinski definition) is 2. The fraction of sp³-hybridized carbons (Fsp3) is 0.0400. The standard InChI is InChI=1S/C25H16ClNO2/c26-20-11-5-10-19(14-20)16-22-24(28)21-15-18(12-13-23(21)27-25(22)29)9-4-8-17-6-2-1-3-7-17/h1-3,5-7,10-16H,8H2,(H,27,29)/b22-16+. The molecule has 3 nitrogen and oxygen atoms in total. The molecule has 1 N–H and O–H groups in total. The first-order chi connectivity index (χ1) is 14.1. The summed E-state index contributed by atoms with van der Waals surface area (Å²) < 4.78 is 0. The van der Waals surface area contributed by atoms with Crippen LogP contribution in [-0.4, -0.2) is 11.7 Å². The summed E-state index contributed by atoms with van der Waals surface area (Å²) in [5.41, 5.74) is 3.56. The second kappa shape index (κ2) is 8.18. The third-order valence-electron chi connectivity index (χ3n) is 4.53. The van der Waals surface area contributed by atoms with Crippen LogP contribution in [0.15, 0.2) is 78.4 Å². The molecule has 3 aromatic carbocycles. The van der Waals surface area contributed by atoms with Crippen molar-refractivity contribution in [2.45, 2.75) is 6.42 Å². The van der Waals surface area contributed by atoms with Crippen molar-refractivity contribution < 1.29 is 9.59 Å². The van der Waals surface area contributed by atoms with Crippen LogP contribution in [0.4, 0.5) is 5.69 Å². The second-order valence-corrected chi connectivity index (χ2v) is 7.06. The quantitative estimate of drug-likeness (QED) is 0.369. The molecule has 1 amide bonds. The maximum atomic E-state index is 13.0. The van der Waals surface area contributed by atoms with Crippen LogP contribution in [0.25, 0.3) is 6.08 Å². The molecule has 1 aliphatic heterocycles. The zero-order chi connectivity index (χ0) is 20.2. The Kier molecular flexibility index (Phi) is 5.29. The Hall–Kier alpha value is -3.61. The smallest absolute Gasteiger partial charge is 0.259 e. The van der Waals surface area contributed by atoms with Crippen molar-refractivity contribution in [3.05, 3.63) is 106 Å². The molecule has 0 bridgehead atoms. The lowest BCUT2D eigenvalue weighted by Gasteiger charge is -2.18. The molecule has 0 radical (unpaired) electrons. The molecular weight excluding hydrogens is 382 g/mol. The monoisotopic (exact) mass is 397 g/mol. The van der Waals surface area contributed by atoms with Crippen LogP contribution in [0.1, 0.15) is 27.0 Å². The van der Waals surface area contributed by atoms with E-state index >= 15 is 0 Å². The number of anilines is 1. The number of benzene rings is 3. The van der Waals surface area contributed by atoms with Gasteiger partial charge < -0.3 is 5.32 Å². The van der Waals surface area contributed by atoms with Crippen molar-refractivity contribution in [1.29, 1.82) is 0 Å². The molecule has 0 spiro atoms. The number of amides is 1. The summed E-state index contributed by atoms with van der Waals surface area (Å²) in [6.07, 6.45) is 2.18. The van der Waals surface area contributed by atoms with Gasteiger partial charge in [-0.15, -0.1) is 0 Å². The first-order valence-corrected chi connectivity index (χ1v) is 9.48. The summed E-state index contributed by atoms with van der Waals surface area (Å²) in [4.78, 5) is 25.4. The average Bonchev–Trinajstić information content (AvgIpc) is 2.72. The van der Waals surface area contributed by atoms with E-state index in [0.717, 1.165) is 11.1 Å². The van der Waals surface area contributed by atoms with Crippen LogP contribution < -0.4 is 5.32 Å². The first kappa shape index (κ1) is 18.7. The number of rotatable bonds is 2. The normalized spacial score (nSPS) is 14.0. The van der Waals surface area contributed by atoms with Gasteiger partial charge in [-0.2, -0.15) is 0 Å². The topological polar surface area (TPSA) is 46.2 Å². The van der Waals surface area contributed by atoms with Crippen LogP contribution in [0.3, 0.4) is 0 Å². The Morgan fingerprint density at radius 3 is 2.55 bits per heavy atom. The van der Waals surface area contributed by atoms with Gasteiger partial charge in [0.15, 0.2) is 0 Å². The molecule has 0 aliphatic carbocycles.